The summed E-state index contributed by atoms with van der Waals surface area (Å²) in [6.45, 7) is 7.38. The SMILES string of the molecule is CC(C)CNCC1CCCOC1c1ccc(Br)c(Cl)c1. The molecule has 1 aromatic carbocycles. The predicted molar refractivity (Wildman–Crippen MR) is 88.3 cm³/mol. The number of ether oxygens (including phenoxy) is 1. The molecule has 2 rings (SSSR count). The van der Waals surface area contributed by atoms with Gasteiger partial charge in [-0.25, -0.2) is 0 Å². The van der Waals surface area contributed by atoms with E-state index >= 15 is 0 Å². The van der Waals surface area contributed by atoms with Crippen LogP contribution in [0.1, 0.15) is 38.4 Å². The number of hydrogen-bond donors (Lipinski definition) is 1. The molecule has 0 aliphatic carbocycles. The molecule has 2 atom stereocenters. The molecule has 2 unspecified atom stereocenters. The van der Waals surface area contributed by atoms with Crippen LogP contribution in [0.5, 0.6) is 0 Å². The zero-order valence-corrected chi connectivity index (χ0v) is 14.5. The van der Waals surface area contributed by atoms with Crippen molar-refractivity contribution in [3.8, 4) is 0 Å². The number of rotatable bonds is 5. The minimum atomic E-state index is 0.161. The molecule has 4 heteroatoms. The average molecular weight is 361 g/mol. The van der Waals surface area contributed by atoms with Gasteiger partial charge in [0.25, 0.3) is 0 Å². The van der Waals surface area contributed by atoms with Gasteiger partial charge in [-0.1, -0.05) is 31.5 Å². The van der Waals surface area contributed by atoms with E-state index in [4.69, 9.17) is 16.3 Å². The third kappa shape index (κ3) is 4.45. The van der Waals surface area contributed by atoms with Crippen LogP contribution in [0.4, 0.5) is 0 Å². The zero-order valence-electron chi connectivity index (χ0n) is 12.2. The standard InChI is InChI=1S/C16H23BrClNO/c1-11(2)9-19-10-13-4-3-7-20-16(13)12-5-6-14(17)15(18)8-12/h5-6,8,11,13,16,19H,3-4,7,9-10H2,1-2H3. The van der Waals surface area contributed by atoms with Crippen LogP contribution in [0.25, 0.3) is 0 Å². The van der Waals surface area contributed by atoms with Gasteiger partial charge in [0.2, 0.25) is 0 Å². The molecule has 1 heterocycles. The molecule has 0 aromatic heterocycles. The van der Waals surface area contributed by atoms with Gasteiger partial charge in [0.15, 0.2) is 0 Å². The van der Waals surface area contributed by atoms with Crippen molar-refractivity contribution in [1.29, 1.82) is 0 Å². The Morgan fingerprint density at radius 2 is 2.25 bits per heavy atom. The summed E-state index contributed by atoms with van der Waals surface area (Å²) in [6.07, 6.45) is 2.52. The molecule has 0 spiro atoms. The highest BCUT2D eigenvalue weighted by Gasteiger charge is 2.27. The van der Waals surface area contributed by atoms with Gasteiger partial charge >= 0.3 is 0 Å². The maximum Gasteiger partial charge on any atom is 0.0865 e. The van der Waals surface area contributed by atoms with E-state index in [-0.39, 0.29) is 6.10 Å². The molecule has 0 bridgehead atoms. The number of benzene rings is 1. The first kappa shape index (κ1) is 16.3. The van der Waals surface area contributed by atoms with Gasteiger partial charge in [-0.05, 0) is 58.9 Å². The Kier molecular flexibility index (Phi) is 6.34. The van der Waals surface area contributed by atoms with Gasteiger partial charge in [-0.3, -0.25) is 0 Å². The van der Waals surface area contributed by atoms with Gasteiger partial charge in [-0.15, -0.1) is 0 Å². The van der Waals surface area contributed by atoms with Crippen LogP contribution < -0.4 is 5.32 Å². The molecule has 20 heavy (non-hydrogen) atoms. The lowest BCUT2D eigenvalue weighted by Crippen LogP contribution is -2.33. The summed E-state index contributed by atoms with van der Waals surface area (Å²) in [4.78, 5) is 0. The van der Waals surface area contributed by atoms with E-state index < -0.39 is 0 Å². The zero-order chi connectivity index (χ0) is 14.5. The fourth-order valence-electron chi connectivity index (χ4n) is 2.67. The molecule has 1 N–H and O–H groups in total. The largest absolute Gasteiger partial charge is 0.373 e. The van der Waals surface area contributed by atoms with E-state index in [1.54, 1.807) is 0 Å². The van der Waals surface area contributed by atoms with Crippen molar-refractivity contribution >= 4 is 27.5 Å². The summed E-state index contributed by atoms with van der Waals surface area (Å²) < 4.78 is 6.95. The Balaban J connectivity index is 2.03. The maximum atomic E-state index is 6.21. The van der Waals surface area contributed by atoms with Gasteiger partial charge in [0.05, 0.1) is 11.1 Å². The molecule has 0 amide bonds. The number of halogens is 2. The minimum absolute atomic E-state index is 0.161. The van der Waals surface area contributed by atoms with Crippen LogP contribution in [-0.2, 0) is 4.74 Å². The first-order chi connectivity index (χ1) is 9.58. The molecule has 1 aliphatic rings. The van der Waals surface area contributed by atoms with Crippen LogP contribution in [0.3, 0.4) is 0 Å². The minimum Gasteiger partial charge on any atom is -0.373 e. The Hall–Kier alpha value is -0.0900. The molecule has 1 aromatic rings. The molecule has 1 fully saturated rings. The molecule has 0 saturated carbocycles. The highest BCUT2D eigenvalue weighted by atomic mass is 79.9. The van der Waals surface area contributed by atoms with Crippen LogP contribution in [-0.4, -0.2) is 19.7 Å². The first-order valence-corrected chi connectivity index (χ1v) is 8.52. The molecule has 112 valence electrons. The lowest BCUT2D eigenvalue weighted by Gasteiger charge is -2.32. The van der Waals surface area contributed by atoms with E-state index in [0.29, 0.717) is 11.8 Å². The van der Waals surface area contributed by atoms with E-state index in [1.807, 2.05) is 12.1 Å². The fourth-order valence-corrected chi connectivity index (χ4v) is 3.10. The van der Waals surface area contributed by atoms with E-state index in [9.17, 15) is 0 Å². The Bertz CT molecular complexity index is 438. The normalized spacial score (nSPS) is 23.2. The second-order valence-corrected chi connectivity index (χ2v) is 7.18. The topological polar surface area (TPSA) is 21.3 Å². The Morgan fingerprint density at radius 1 is 1.45 bits per heavy atom. The van der Waals surface area contributed by atoms with Gasteiger partial charge in [0.1, 0.15) is 0 Å². The Morgan fingerprint density at radius 3 is 2.95 bits per heavy atom. The third-order valence-corrected chi connectivity index (χ3v) is 4.91. The summed E-state index contributed by atoms with van der Waals surface area (Å²) in [5.74, 6) is 1.21. The summed E-state index contributed by atoms with van der Waals surface area (Å²) >= 11 is 9.65. The molecule has 1 saturated heterocycles. The number of hydrogen-bond acceptors (Lipinski definition) is 2. The number of nitrogens with one attached hydrogen (secondary N) is 1. The maximum absolute atomic E-state index is 6.21. The molecule has 0 radical (unpaired) electrons. The van der Waals surface area contributed by atoms with Crippen LogP contribution >= 0.6 is 27.5 Å². The summed E-state index contributed by atoms with van der Waals surface area (Å²) in [5, 5.41) is 4.31. The second-order valence-electron chi connectivity index (χ2n) is 5.92. The third-order valence-electron chi connectivity index (χ3n) is 3.68. The second kappa shape index (κ2) is 7.79. The van der Waals surface area contributed by atoms with Crippen molar-refractivity contribution in [2.75, 3.05) is 19.7 Å². The average Bonchev–Trinajstić information content (AvgIpc) is 2.42. The monoisotopic (exact) mass is 359 g/mol. The van der Waals surface area contributed by atoms with E-state index in [2.05, 4.69) is 41.2 Å². The quantitative estimate of drug-likeness (QED) is 0.813. The van der Waals surface area contributed by atoms with Crippen molar-refractivity contribution in [2.45, 2.75) is 32.8 Å². The summed E-state index contributed by atoms with van der Waals surface area (Å²) in [6, 6.07) is 6.15. The Labute approximate surface area is 135 Å². The highest BCUT2D eigenvalue weighted by Crippen LogP contribution is 2.35. The van der Waals surface area contributed by atoms with Crippen LogP contribution in [0.2, 0.25) is 5.02 Å². The van der Waals surface area contributed by atoms with Gasteiger partial charge < -0.3 is 10.1 Å². The lowest BCUT2D eigenvalue weighted by atomic mass is 9.89. The lowest BCUT2D eigenvalue weighted by molar-refractivity contribution is -0.0278. The van der Waals surface area contributed by atoms with Crippen LogP contribution in [0, 0.1) is 11.8 Å². The molecular formula is C16H23BrClNO. The highest BCUT2D eigenvalue weighted by molar-refractivity contribution is 9.10. The van der Waals surface area contributed by atoms with Crippen molar-refractivity contribution in [2.24, 2.45) is 11.8 Å². The molecule has 2 nitrogen and oxygen atoms in total. The van der Waals surface area contributed by atoms with E-state index in [1.165, 1.54) is 12.0 Å². The summed E-state index contributed by atoms with van der Waals surface area (Å²) in [5.41, 5.74) is 1.19. The van der Waals surface area contributed by atoms with Crippen molar-refractivity contribution in [3.63, 3.8) is 0 Å². The van der Waals surface area contributed by atoms with Crippen molar-refractivity contribution in [3.05, 3.63) is 33.3 Å². The van der Waals surface area contributed by atoms with Crippen molar-refractivity contribution in [1.82, 2.24) is 5.32 Å². The van der Waals surface area contributed by atoms with Gasteiger partial charge in [0, 0.05) is 23.5 Å². The van der Waals surface area contributed by atoms with E-state index in [0.717, 1.165) is 35.6 Å². The molecular weight excluding hydrogens is 338 g/mol. The van der Waals surface area contributed by atoms with Crippen LogP contribution in [0.15, 0.2) is 22.7 Å². The summed E-state index contributed by atoms with van der Waals surface area (Å²) in [7, 11) is 0. The molecule has 1 aliphatic heterocycles. The van der Waals surface area contributed by atoms with Gasteiger partial charge in [-0.2, -0.15) is 0 Å². The first-order valence-electron chi connectivity index (χ1n) is 7.35. The predicted octanol–water partition coefficient (Wildman–Crippen LogP) is 4.82. The fraction of sp³-hybridized carbons (Fsp3) is 0.625. The smallest absolute Gasteiger partial charge is 0.0865 e. The van der Waals surface area contributed by atoms with Crippen molar-refractivity contribution < 1.29 is 4.74 Å².